The molecule has 0 aromatic carbocycles. The molecule has 0 aliphatic carbocycles. The minimum atomic E-state index is 0.712. The summed E-state index contributed by atoms with van der Waals surface area (Å²) in [5.41, 5.74) is 0.712. The van der Waals surface area contributed by atoms with Gasteiger partial charge in [0.05, 0.1) is 5.69 Å². The van der Waals surface area contributed by atoms with Gasteiger partial charge in [-0.2, -0.15) is 0 Å². The first-order chi connectivity index (χ1) is 7.31. The van der Waals surface area contributed by atoms with E-state index in [2.05, 4.69) is 4.98 Å². The summed E-state index contributed by atoms with van der Waals surface area (Å²) in [7, 11) is 1.97. The van der Waals surface area contributed by atoms with Crippen LogP contribution in [0.2, 0.25) is 0 Å². The molecular weight excluding hydrogens is 190 g/mol. The number of aryl methyl sites for hydroxylation is 3. The Morgan fingerprint density at radius 1 is 1.47 bits per heavy atom. The molecule has 0 radical (unpaired) electrons. The first-order valence-electron chi connectivity index (χ1n) is 4.88. The fourth-order valence-electron chi connectivity index (χ4n) is 1.60. The zero-order valence-corrected chi connectivity index (χ0v) is 8.63. The van der Waals surface area contributed by atoms with Gasteiger partial charge in [-0.1, -0.05) is 0 Å². The molecule has 2 rings (SSSR count). The monoisotopic (exact) mass is 203 g/mol. The van der Waals surface area contributed by atoms with Crippen LogP contribution in [0.3, 0.4) is 0 Å². The van der Waals surface area contributed by atoms with Gasteiger partial charge in [0.2, 0.25) is 0 Å². The van der Waals surface area contributed by atoms with Crippen molar-refractivity contribution in [3.63, 3.8) is 0 Å². The first-order valence-corrected chi connectivity index (χ1v) is 4.88. The molecule has 0 saturated heterocycles. The average Bonchev–Trinajstić information content (AvgIpc) is 2.83. The standard InChI is InChI=1S/C11H13N3O/c1-13-8-5-12-11(13)4-7-14-6-2-3-10(14)9-15/h2-3,5-6,8-9H,4,7H2,1H3. The van der Waals surface area contributed by atoms with Gasteiger partial charge in [0.15, 0.2) is 6.29 Å². The van der Waals surface area contributed by atoms with Crippen LogP contribution in [0.15, 0.2) is 30.7 Å². The Hall–Kier alpha value is -1.84. The van der Waals surface area contributed by atoms with E-state index < -0.39 is 0 Å². The lowest BCUT2D eigenvalue weighted by Crippen LogP contribution is -2.07. The highest BCUT2D eigenvalue weighted by Gasteiger charge is 2.02. The zero-order valence-electron chi connectivity index (χ0n) is 8.63. The number of hydrogen-bond acceptors (Lipinski definition) is 2. The number of hydrogen-bond donors (Lipinski definition) is 0. The Labute approximate surface area is 88.2 Å². The second-order valence-electron chi connectivity index (χ2n) is 3.45. The highest BCUT2D eigenvalue weighted by molar-refractivity contribution is 5.72. The maximum absolute atomic E-state index is 10.7. The lowest BCUT2D eigenvalue weighted by molar-refractivity contribution is 0.111. The van der Waals surface area contributed by atoms with E-state index in [0.717, 1.165) is 25.1 Å². The van der Waals surface area contributed by atoms with Gasteiger partial charge >= 0.3 is 0 Å². The molecule has 0 bridgehead atoms. The van der Waals surface area contributed by atoms with Crippen LogP contribution in [0.4, 0.5) is 0 Å². The summed E-state index contributed by atoms with van der Waals surface area (Å²) in [4.78, 5) is 14.9. The van der Waals surface area contributed by atoms with E-state index >= 15 is 0 Å². The Morgan fingerprint density at radius 3 is 3.00 bits per heavy atom. The summed E-state index contributed by atoms with van der Waals surface area (Å²) in [5, 5.41) is 0. The normalized spacial score (nSPS) is 10.5. The molecule has 2 aromatic heterocycles. The number of aromatic nitrogens is 3. The van der Waals surface area contributed by atoms with Crippen molar-refractivity contribution in [1.82, 2.24) is 14.1 Å². The molecule has 0 unspecified atom stereocenters. The quantitative estimate of drug-likeness (QED) is 0.702. The summed E-state index contributed by atoms with van der Waals surface area (Å²) < 4.78 is 3.92. The van der Waals surface area contributed by atoms with Gasteiger partial charge in [-0.25, -0.2) is 4.98 Å². The Kier molecular flexibility index (Phi) is 2.67. The van der Waals surface area contributed by atoms with Crippen molar-refractivity contribution in [2.75, 3.05) is 0 Å². The number of nitrogens with zero attached hydrogens (tertiary/aromatic N) is 3. The van der Waals surface area contributed by atoms with E-state index in [1.807, 2.05) is 40.7 Å². The summed E-state index contributed by atoms with van der Waals surface area (Å²) in [6.45, 7) is 0.784. The van der Waals surface area contributed by atoms with Gasteiger partial charge in [-0.3, -0.25) is 4.79 Å². The van der Waals surface area contributed by atoms with Crippen LogP contribution in [0.25, 0.3) is 0 Å². The van der Waals surface area contributed by atoms with Crippen LogP contribution in [0.5, 0.6) is 0 Å². The smallest absolute Gasteiger partial charge is 0.166 e. The number of carbonyl (C=O) groups excluding carboxylic acids is 1. The largest absolute Gasteiger partial charge is 0.345 e. The Morgan fingerprint density at radius 2 is 2.33 bits per heavy atom. The molecule has 0 atom stereocenters. The molecule has 4 nitrogen and oxygen atoms in total. The summed E-state index contributed by atoms with van der Waals surface area (Å²) in [5.74, 6) is 1.03. The van der Waals surface area contributed by atoms with E-state index in [-0.39, 0.29) is 0 Å². The Bertz CT molecular complexity index is 456. The third-order valence-corrected chi connectivity index (χ3v) is 2.48. The van der Waals surface area contributed by atoms with Crippen molar-refractivity contribution >= 4 is 6.29 Å². The van der Waals surface area contributed by atoms with Gasteiger partial charge in [0.25, 0.3) is 0 Å². The lowest BCUT2D eigenvalue weighted by atomic mass is 10.4. The van der Waals surface area contributed by atoms with Crippen LogP contribution in [0.1, 0.15) is 16.3 Å². The molecule has 2 heterocycles. The average molecular weight is 203 g/mol. The molecular formula is C11H13N3O. The van der Waals surface area contributed by atoms with Crippen molar-refractivity contribution in [1.29, 1.82) is 0 Å². The van der Waals surface area contributed by atoms with Crippen molar-refractivity contribution in [3.05, 3.63) is 42.2 Å². The van der Waals surface area contributed by atoms with Crippen molar-refractivity contribution in [3.8, 4) is 0 Å². The van der Waals surface area contributed by atoms with E-state index in [4.69, 9.17) is 0 Å². The van der Waals surface area contributed by atoms with Crippen LogP contribution in [-0.4, -0.2) is 20.4 Å². The predicted molar refractivity (Wildman–Crippen MR) is 56.7 cm³/mol. The number of imidazole rings is 1. The first kappa shape index (κ1) is 9.71. The van der Waals surface area contributed by atoms with E-state index in [0.29, 0.717) is 5.69 Å². The molecule has 15 heavy (non-hydrogen) atoms. The third kappa shape index (κ3) is 1.98. The molecule has 0 amide bonds. The van der Waals surface area contributed by atoms with Gasteiger partial charge in [0.1, 0.15) is 5.82 Å². The second-order valence-corrected chi connectivity index (χ2v) is 3.45. The summed E-state index contributed by atoms with van der Waals surface area (Å²) in [6, 6.07) is 3.69. The topological polar surface area (TPSA) is 39.8 Å². The van der Waals surface area contributed by atoms with Gasteiger partial charge in [-0.15, -0.1) is 0 Å². The molecule has 78 valence electrons. The van der Waals surface area contributed by atoms with E-state index in [1.54, 1.807) is 6.20 Å². The Balaban J connectivity index is 2.05. The highest BCUT2D eigenvalue weighted by Crippen LogP contribution is 2.03. The van der Waals surface area contributed by atoms with Crippen molar-refractivity contribution in [2.24, 2.45) is 7.05 Å². The summed E-state index contributed by atoms with van der Waals surface area (Å²) >= 11 is 0. The van der Waals surface area contributed by atoms with Crippen LogP contribution in [-0.2, 0) is 20.0 Å². The molecule has 0 N–H and O–H groups in total. The molecule has 0 aliphatic rings. The van der Waals surface area contributed by atoms with E-state index in [1.165, 1.54) is 0 Å². The lowest BCUT2D eigenvalue weighted by Gasteiger charge is -2.05. The van der Waals surface area contributed by atoms with Crippen LogP contribution >= 0.6 is 0 Å². The van der Waals surface area contributed by atoms with Gasteiger partial charge in [-0.05, 0) is 12.1 Å². The van der Waals surface area contributed by atoms with Gasteiger partial charge < -0.3 is 9.13 Å². The maximum atomic E-state index is 10.7. The molecule has 2 aromatic rings. The van der Waals surface area contributed by atoms with Crippen molar-refractivity contribution in [2.45, 2.75) is 13.0 Å². The molecule has 0 aliphatic heterocycles. The SMILES string of the molecule is Cn1ccnc1CCn1cccc1C=O. The number of carbonyl (C=O) groups is 1. The fourth-order valence-corrected chi connectivity index (χ4v) is 1.60. The molecule has 0 fully saturated rings. The molecule has 0 saturated carbocycles. The fraction of sp³-hybridized carbons (Fsp3) is 0.273. The van der Waals surface area contributed by atoms with E-state index in [9.17, 15) is 4.79 Å². The van der Waals surface area contributed by atoms with Crippen LogP contribution in [0, 0.1) is 0 Å². The molecule has 0 spiro atoms. The third-order valence-electron chi connectivity index (χ3n) is 2.48. The summed E-state index contributed by atoms with van der Waals surface area (Å²) in [6.07, 6.45) is 7.32. The highest BCUT2D eigenvalue weighted by atomic mass is 16.1. The predicted octanol–water partition coefficient (Wildman–Crippen LogP) is 1.28. The molecule has 4 heteroatoms. The number of aldehydes is 1. The van der Waals surface area contributed by atoms with Gasteiger partial charge in [0, 0.05) is 38.6 Å². The minimum Gasteiger partial charge on any atom is -0.345 e. The number of rotatable bonds is 4. The maximum Gasteiger partial charge on any atom is 0.166 e. The van der Waals surface area contributed by atoms with Crippen molar-refractivity contribution < 1.29 is 4.79 Å². The van der Waals surface area contributed by atoms with Crippen LogP contribution < -0.4 is 0 Å². The second kappa shape index (κ2) is 4.13. The zero-order chi connectivity index (χ0) is 10.7. The minimum absolute atomic E-state index is 0.712.